The van der Waals surface area contributed by atoms with Gasteiger partial charge in [-0.1, -0.05) is 171 Å². The highest BCUT2D eigenvalue weighted by molar-refractivity contribution is 7.47. The molecule has 3 unspecified atom stereocenters. The smallest absolute Gasteiger partial charge is 0.462 e. The van der Waals surface area contributed by atoms with Gasteiger partial charge in [0, 0.05) is 19.3 Å². The van der Waals surface area contributed by atoms with Gasteiger partial charge in [0.15, 0.2) is 6.10 Å². The summed E-state index contributed by atoms with van der Waals surface area (Å²) < 4.78 is 39.1. The number of carbonyl (C=O) groups is 3. The van der Waals surface area contributed by atoms with E-state index in [0.717, 1.165) is 96.3 Å². The first-order chi connectivity index (χ1) is 30.2. The maximum absolute atomic E-state index is 12.8. The maximum atomic E-state index is 12.8. The number of allylic oxidation sites excluding steroid dienone is 12. The van der Waals surface area contributed by atoms with Gasteiger partial charge in [0.1, 0.15) is 12.7 Å². The van der Waals surface area contributed by atoms with Crippen LogP contribution in [-0.2, 0) is 42.2 Å². The summed E-state index contributed by atoms with van der Waals surface area (Å²) in [6, 6.07) is 0. The summed E-state index contributed by atoms with van der Waals surface area (Å²) in [6.45, 7) is 4.30. The Labute approximate surface area is 376 Å². The topological polar surface area (TPSA) is 155 Å². The number of rotatable bonds is 43. The number of hydrogen-bond donors (Lipinski definition) is 2. The Balaban J connectivity index is 4.88. The summed E-state index contributed by atoms with van der Waals surface area (Å²) in [5.41, 5.74) is 0. The van der Waals surface area contributed by atoms with Gasteiger partial charge in [-0.05, 0) is 70.6 Å². The Hall–Kier alpha value is -3.08. The molecule has 0 fully saturated rings. The highest BCUT2D eigenvalue weighted by Crippen LogP contribution is 2.43. The lowest BCUT2D eigenvalue weighted by molar-refractivity contribution is -0.161. The standard InChI is InChI=1S/C50H85O11P/c1-4-7-10-13-16-19-21-23-25-28-30-33-36-39-48(52)57-43-47(61-50(54)41-38-35-32-29-26-24-22-20-17-14-11-8-5-2)45-59-62(55,56)58-44-46(42-51)60-49(53)40-37-34-31-27-18-15-12-9-6-3/h7,10-11,14,16,19-20,22-23,25,30,33,46-47,51H,4-6,8-9,12-13,15,17-18,21,24,26-29,31-32,34-45H2,1-3H3,(H,55,56)/b10-7-,14-11-,19-16-,22-20-,25-23-,33-30-. The SMILES string of the molecule is CC/C=C\C/C=C\C/C=C\C/C=C\CCC(=O)OCC(COP(=O)(O)OCC(CO)OC(=O)CCCCCCCCCCC)OC(=O)CCCCCCC/C=C\C/C=C\CCC. The summed E-state index contributed by atoms with van der Waals surface area (Å²) in [5, 5.41) is 9.71. The second-order valence-corrected chi connectivity index (χ2v) is 17.0. The number of unbranched alkanes of at least 4 members (excludes halogenated alkanes) is 14. The molecule has 62 heavy (non-hydrogen) atoms. The Morgan fingerprint density at radius 1 is 0.468 bits per heavy atom. The van der Waals surface area contributed by atoms with Gasteiger partial charge in [-0.2, -0.15) is 0 Å². The number of ether oxygens (including phenoxy) is 3. The zero-order valence-electron chi connectivity index (χ0n) is 38.8. The number of carbonyl (C=O) groups excluding carboxylic acids is 3. The monoisotopic (exact) mass is 893 g/mol. The predicted molar refractivity (Wildman–Crippen MR) is 251 cm³/mol. The van der Waals surface area contributed by atoms with Crippen LogP contribution in [0, 0.1) is 0 Å². The Morgan fingerprint density at radius 2 is 0.903 bits per heavy atom. The van der Waals surface area contributed by atoms with E-state index in [-0.39, 0.29) is 25.9 Å². The third kappa shape index (κ3) is 42.2. The van der Waals surface area contributed by atoms with Gasteiger partial charge in [-0.15, -0.1) is 0 Å². The fourth-order valence-electron chi connectivity index (χ4n) is 5.99. The van der Waals surface area contributed by atoms with Crippen LogP contribution in [0.5, 0.6) is 0 Å². The van der Waals surface area contributed by atoms with E-state index in [1.54, 1.807) is 0 Å². The molecule has 2 N–H and O–H groups in total. The van der Waals surface area contributed by atoms with Crippen LogP contribution in [0.4, 0.5) is 0 Å². The van der Waals surface area contributed by atoms with E-state index in [9.17, 15) is 28.9 Å². The van der Waals surface area contributed by atoms with Gasteiger partial charge in [-0.25, -0.2) is 4.57 Å². The van der Waals surface area contributed by atoms with Crippen molar-refractivity contribution in [1.29, 1.82) is 0 Å². The molecule has 0 aliphatic rings. The van der Waals surface area contributed by atoms with Gasteiger partial charge in [-0.3, -0.25) is 23.4 Å². The Morgan fingerprint density at radius 3 is 1.42 bits per heavy atom. The van der Waals surface area contributed by atoms with Crippen LogP contribution in [0.25, 0.3) is 0 Å². The molecular weight excluding hydrogens is 808 g/mol. The molecule has 0 amide bonds. The van der Waals surface area contributed by atoms with Crippen LogP contribution < -0.4 is 0 Å². The lowest BCUT2D eigenvalue weighted by atomic mass is 10.1. The molecule has 0 rings (SSSR count). The van der Waals surface area contributed by atoms with Gasteiger partial charge < -0.3 is 24.2 Å². The Kier molecular flexibility index (Phi) is 42.3. The summed E-state index contributed by atoms with van der Waals surface area (Å²) >= 11 is 0. The zero-order valence-corrected chi connectivity index (χ0v) is 39.7. The van der Waals surface area contributed by atoms with E-state index in [1.165, 1.54) is 32.1 Å². The first-order valence-corrected chi connectivity index (χ1v) is 25.3. The molecular formula is C50H85O11P. The van der Waals surface area contributed by atoms with Crippen molar-refractivity contribution in [3.8, 4) is 0 Å². The fraction of sp³-hybridized carbons (Fsp3) is 0.700. The average Bonchev–Trinajstić information content (AvgIpc) is 3.25. The average molecular weight is 893 g/mol. The van der Waals surface area contributed by atoms with Crippen LogP contribution in [0.3, 0.4) is 0 Å². The molecule has 12 heteroatoms. The quantitative estimate of drug-likeness (QED) is 0.0198. The Bertz CT molecular complexity index is 1320. The summed E-state index contributed by atoms with van der Waals surface area (Å²) in [6.07, 6.45) is 46.2. The molecule has 0 bridgehead atoms. The van der Waals surface area contributed by atoms with Crippen molar-refractivity contribution in [2.45, 2.75) is 200 Å². The fourth-order valence-corrected chi connectivity index (χ4v) is 6.78. The largest absolute Gasteiger partial charge is 0.472 e. The first-order valence-electron chi connectivity index (χ1n) is 23.8. The van der Waals surface area contributed by atoms with Crippen LogP contribution in [0.15, 0.2) is 72.9 Å². The third-order valence-electron chi connectivity index (χ3n) is 9.61. The lowest BCUT2D eigenvalue weighted by Crippen LogP contribution is -2.30. The number of aliphatic hydroxyl groups excluding tert-OH is 1. The molecule has 0 aliphatic carbocycles. The minimum atomic E-state index is -4.75. The van der Waals surface area contributed by atoms with Crippen molar-refractivity contribution in [3.63, 3.8) is 0 Å². The number of aliphatic hydroxyl groups is 1. The molecule has 0 radical (unpaired) electrons. The van der Waals surface area contributed by atoms with E-state index in [4.69, 9.17) is 23.3 Å². The number of phosphoric ester groups is 1. The van der Waals surface area contributed by atoms with Crippen molar-refractivity contribution in [2.24, 2.45) is 0 Å². The van der Waals surface area contributed by atoms with Crippen molar-refractivity contribution in [3.05, 3.63) is 72.9 Å². The molecule has 0 saturated carbocycles. The van der Waals surface area contributed by atoms with Crippen LogP contribution in [0.2, 0.25) is 0 Å². The van der Waals surface area contributed by atoms with Gasteiger partial charge >= 0.3 is 25.7 Å². The highest BCUT2D eigenvalue weighted by atomic mass is 31.2. The summed E-state index contributed by atoms with van der Waals surface area (Å²) in [5.74, 6) is -1.59. The normalized spacial score (nSPS) is 14.2. The minimum absolute atomic E-state index is 0.101. The molecule has 0 spiro atoms. The van der Waals surface area contributed by atoms with Crippen molar-refractivity contribution < 1.29 is 52.2 Å². The number of esters is 3. The van der Waals surface area contributed by atoms with Crippen molar-refractivity contribution in [1.82, 2.24) is 0 Å². The molecule has 3 atom stereocenters. The third-order valence-corrected chi connectivity index (χ3v) is 10.6. The van der Waals surface area contributed by atoms with Crippen LogP contribution in [0.1, 0.15) is 188 Å². The van der Waals surface area contributed by atoms with E-state index in [0.29, 0.717) is 19.3 Å². The van der Waals surface area contributed by atoms with Gasteiger partial charge in [0.05, 0.1) is 19.8 Å². The highest BCUT2D eigenvalue weighted by Gasteiger charge is 2.28. The molecule has 0 saturated heterocycles. The molecule has 0 aromatic rings. The molecule has 356 valence electrons. The van der Waals surface area contributed by atoms with E-state index in [2.05, 4.69) is 81.5 Å². The number of phosphoric acid groups is 1. The maximum Gasteiger partial charge on any atom is 0.472 e. The van der Waals surface area contributed by atoms with E-state index in [1.807, 2.05) is 12.2 Å². The van der Waals surface area contributed by atoms with Crippen LogP contribution in [-0.4, -0.2) is 66.5 Å². The van der Waals surface area contributed by atoms with E-state index >= 15 is 0 Å². The van der Waals surface area contributed by atoms with Gasteiger partial charge in [0.25, 0.3) is 0 Å². The second kappa shape index (κ2) is 44.5. The molecule has 0 aliphatic heterocycles. The lowest BCUT2D eigenvalue weighted by Gasteiger charge is -2.21. The predicted octanol–water partition coefficient (Wildman–Crippen LogP) is 13.0. The summed E-state index contributed by atoms with van der Waals surface area (Å²) in [4.78, 5) is 48.0. The first kappa shape index (κ1) is 58.9. The van der Waals surface area contributed by atoms with Gasteiger partial charge in [0.2, 0.25) is 0 Å². The second-order valence-electron chi connectivity index (χ2n) is 15.5. The van der Waals surface area contributed by atoms with Crippen molar-refractivity contribution >= 4 is 25.7 Å². The number of hydrogen-bond acceptors (Lipinski definition) is 10. The molecule has 11 nitrogen and oxygen atoms in total. The molecule has 0 aromatic heterocycles. The summed E-state index contributed by atoms with van der Waals surface area (Å²) in [7, 11) is -4.75. The molecule has 0 aromatic carbocycles. The molecule has 0 heterocycles. The van der Waals surface area contributed by atoms with Crippen molar-refractivity contribution in [2.75, 3.05) is 26.4 Å². The minimum Gasteiger partial charge on any atom is -0.462 e. The zero-order chi connectivity index (χ0) is 45.6. The van der Waals surface area contributed by atoms with Crippen LogP contribution >= 0.6 is 7.82 Å². The van der Waals surface area contributed by atoms with E-state index < -0.39 is 57.8 Å².